The fourth-order valence-corrected chi connectivity index (χ4v) is 2.43. The van der Waals surface area contributed by atoms with E-state index in [0.717, 1.165) is 18.2 Å². The van der Waals surface area contributed by atoms with Crippen LogP contribution in [0.3, 0.4) is 0 Å². The first-order valence-electron chi connectivity index (χ1n) is 7.24. The van der Waals surface area contributed by atoms with Crippen LogP contribution in [-0.2, 0) is 6.54 Å². The largest absolute Gasteiger partial charge is 0.497 e. The van der Waals surface area contributed by atoms with E-state index in [4.69, 9.17) is 4.74 Å². The molecule has 3 aromatic rings. The maximum Gasteiger partial charge on any atom is 0.358 e. The second-order valence-corrected chi connectivity index (χ2v) is 5.21. The number of hydrogen-bond donors (Lipinski definition) is 1. The topological polar surface area (TPSA) is 77.2 Å². The van der Waals surface area contributed by atoms with Gasteiger partial charge in [0, 0.05) is 11.1 Å². The molecule has 1 heterocycles. The molecule has 1 N–H and O–H groups in total. The molecule has 0 aliphatic heterocycles. The summed E-state index contributed by atoms with van der Waals surface area (Å²) in [6.45, 7) is -0.161. The lowest BCUT2D eigenvalue weighted by atomic mass is 10.1. The average Bonchev–Trinajstić information content (AvgIpc) is 3.02. The predicted octanol–water partition coefficient (Wildman–Crippen LogP) is 2.98. The number of carbonyl (C=O) groups is 1. The van der Waals surface area contributed by atoms with Crippen LogP contribution in [0.15, 0.2) is 42.5 Å². The van der Waals surface area contributed by atoms with Gasteiger partial charge in [0.1, 0.15) is 23.1 Å². The molecule has 8 heteroatoms. The molecule has 0 saturated heterocycles. The van der Waals surface area contributed by atoms with Gasteiger partial charge >= 0.3 is 5.97 Å². The number of aromatic carboxylic acids is 1. The molecule has 0 atom stereocenters. The summed E-state index contributed by atoms with van der Waals surface area (Å²) in [6, 6.07) is 9.64. The van der Waals surface area contributed by atoms with Gasteiger partial charge in [-0.1, -0.05) is 5.21 Å². The number of carboxylic acids is 1. The summed E-state index contributed by atoms with van der Waals surface area (Å²) in [5.74, 6) is -1.89. The number of nitrogens with zero attached hydrogens (tertiary/aromatic N) is 3. The Morgan fingerprint density at radius 2 is 1.92 bits per heavy atom. The van der Waals surface area contributed by atoms with E-state index in [1.165, 1.54) is 11.8 Å². The molecule has 128 valence electrons. The van der Waals surface area contributed by atoms with Gasteiger partial charge in [-0.05, 0) is 42.5 Å². The average molecular weight is 345 g/mol. The van der Waals surface area contributed by atoms with E-state index in [9.17, 15) is 18.7 Å². The van der Waals surface area contributed by atoms with Gasteiger partial charge in [-0.25, -0.2) is 18.3 Å². The first-order chi connectivity index (χ1) is 12.0. The summed E-state index contributed by atoms with van der Waals surface area (Å²) in [4.78, 5) is 11.4. The molecule has 25 heavy (non-hydrogen) atoms. The molecule has 0 bridgehead atoms. The van der Waals surface area contributed by atoms with Crippen molar-refractivity contribution in [2.45, 2.75) is 6.54 Å². The summed E-state index contributed by atoms with van der Waals surface area (Å²) in [5.41, 5.74) is 0.470. The van der Waals surface area contributed by atoms with Crippen LogP contribution in [-0.4, -0.2) is 33.2 Å². The minimum Gasteiger partial charge on any atom is -0.497 e. The smallest absolute Gasteiger partial charge is 0.358 e. The Bertz CT molecular complexity index is 923. The van der Waals surface area contributed by atoms with Crippen molar-refractivity contribution in [2.75, 3.05) is 7.11 Å². The van der Waals surface area contributed by atoms with Gasteiger partial charge in [0.05, 0.1) is 13.7 Å². The number of carboxylic acid groups (broad SMARTS) is 1. The highest BCUT2D eigenvalue weighted by Crippen LogP contribution is 2.26. The van der Waals surface area contributed by atoms with Crippen LogP contribution in [0.4, 0.5) is 8.78 Å². The first-order valence-corrected chi connectivity index (χ1v) is 7.24. The van der Waals surface area contributed by atoms with E-state index < -0.39 is 17.6 Å². The van der Waals surface area contributed by atoms with Crippen LogP contribution in [0.5, 0.6) is 5.75 Å². The van der Waals surface area contributed by atoms with Crippen molar-refractivity contribution >= 4 is 5.97 Å². The molecular formula is C17H13F2N3O3. The summed E-state index contributed by atoms with van der Waals surface area (Å²) >= 11 is 0. The van der Waals surface area contributed by atoms with Crippen molar-refractivity contribution in [3.8, 4) is 17.0 Å². The Morgan fingerprint density at radius 3 is 2.56 bits per heavy atom. The second-order valence-electron chi connectivity index (χ2n) is 5.21. The highest BCUT2D eigenvalue weighted by molar-refractivity contribution is 5.92. The maximum absolute atomic E-state index is 13.9. The van der Waals surface area contributed by atoms with Crippen LogP contribution >= 0.6 is 0 Å². The standard InChI is InChI=1S/C17H13F2N3O3/c1-25-13-5-2-10(3-6-13)16-15(17(23)24)20-21-22(16)9-11-8-12(18)4-7-14(11)19/h2-8H,9H2,1H3,(H,23,24). The molecule has 2 aromatic carbocycles. The molecule has 0 amide bonds. The van der Waals surface area contributed by atoms with Gasteiger partial charge in [-0.15, -0.1) is 5.10 Å². The Morgan fingerprint density at radius 1 is 1.20 bits per heavy atom. The molecule has 1 aromatic heterocycles. The van der Waals surface area contributed by atoms with Crippen LogP contribution in [0.25, 0.3) is 11.3 Å². The summed E-state index contributed by atoms with van der Waals surface area (Å²) in [7, 11) is 1.51. The number of aromatic nitrogens is 3. The lowest BCUT2D eigenvalue weighted by molar-refractivity contribution is 0.0691. The van der Waals surface area contributed by atoms with Crippen LogP contribution in [0.2, 0.25) is 0 Å². The van der Waals surface area contributed by atoms with Gasteiger partial charge in [0.15, 0.2) is 5.69 Å². The molecule has 0 spiro atoms. The Labute approximate surface area is 141 Å². The zero-order chi connectivity index (χ0) is 18.0. The Kier molecular flexibility index (Phi) is 4.42. The van der Waals surface area contributed by atoms with Gasteiger partial charge in [-0.2, -0.15) is 0 Å². The van der Waals surface area contributed by atoms with Crippen molar-refractivity contribution in [3.63, 3.8) is 0 Å². The van der Waals surface area contributed by atoms with E-state index in [1.54, 1.807) is 24.3 Å². The lowest BCUT2D eigenvalue weighted by Gasteiger charge is -2.09. The van der Waals surface area contributed by atoms with E-state index in [0.29, 0.717) is 11.3 Å². The zero-order valence-corrected chi connectivity index (χ0v) is 13.1. The summed E-state index contributed by atoms with van der Waals surface area (Å²) < 4.78 is 33.6. The molecule has 0 aliphatic rings. The molecule has 6 nitrogen and oxygen atoms in total. The number of methoxy groups -OCH3 is 1. The second kappa shape index (κ2) is 6.68. The first kappa shape index (κ1) is 16.6. The highest BCUT2D eigenvalue weighted by Gasteiger charge is 2.21. The molecule has 0 aliphatic carbocycles. The van der Waals surface area contributed by atoms with Crippen molar-refractivity contribution in [1.82, 2.24) is 15.0 Å². The monoisotopic (exact) mass is 345 g/mol. The molecule has 0 unspecified atom stereocenters. The molecule has 3 rings (SSSR count). The SMILES string of the molecule is COc1ccc(-c2c(C(=O)O)nnn2Cc2cc(F)ccc2F)cc1. The minimum absolute atomic E-state index is 0.0385. The van der Waals surface area contributed by atoms with Crippen LogP contribution in [0.1, 0.15) is 16.1 Å². The van der Waals surface area contributed by atoms with Crippen molar-refractivity contribution in [2.24, 2.45) is 0 Å². The maximum atomic E-state index is 13.9. The molecule has 0 saturated carbocycles. The zero-order valence-electron chi connectivity index (χ0n) is 13.1. The number of ether oxygens (including phenoxy) is 1. The van der Waals surface area contributed by atoms with E-state index in [-0.39, 0.29) is 23.5 Å². The number of halogens is 2. The van der Waals surface area contributed by atoms with Crippen molar-refractivity contribution in [3.05, 3.63) is 65.4 Å². The van der Waals surface area contributed by atoms with Crippen molar-refractivity contribution in [1.29, 1.82) is 0 Å². The summed E-state index contributed by atoms with van der Waals surface area (Å²) in [6.07, 6.45) is 0. The minimum atomic E-state index is -1.27. The van der Waals surface area contributed by atoms with E-state index in [2.05, 4.69) is 10.3 Å². The predicted molar refractivity (Wildman–Crippen MR) is 84.4 cm³/mol. The Balaban J connectivity index is 2.08. The fourth-order valence-electron chi connectivity index (χ4n) is 2.43. The molecule has 0 fully saturated rings. The Hall–Kier alpha value is -3.29. The molecule has 0 radical (unpaired) electrons. The van der Waals surface area contributed by atoms with E-state index in [1.807, 2.05) is 0 Å². The van der Waals surface area contributed by atoms with Gasteiger partial charge in [0.25, 0.3) is 0 Å². The van der Waals surface area contributed by atoms with E-state index >= 15 is 0 Å². The normalized spacial score (nSPS) is 10.7. The lowest BCUT2D eigenvalue weighted by Crippen LogP contribution is -2.08. The van der Waals surface area contributed by atoms with Gasteiger partial charge < -0.3 is 9.84 Å². The van der Waals surface area contributed by atoms with Gasteiger partial charge in [0.2, 0.25) is 0 Å². The third kappa shape index (κ3) is 3.32. The third-order valence-electron chi connectivity index (χ3n) is 3.63. The third-order valence-corrected chi connectivity index (χ3v) is 3.63. The highest BCUT2D eigenvalue weighted by atomic mass is 19.1. The molecular weight excluding hydrogens is 332 g/mol. The quantitative estimate of drug-likeness (QED) is 0.769. The number of hydrogen-bond acceptors (Lipinski definition) is 4. The number of benzene rings is 2. The number of rotatable bonds is 5. The van der Waals surface area contributed by atoms with Crippen molar-refractivity contribution < 1.29 is 23.4 Å². The fraction of sp³-hybridized carbons (Fsp3) is 0.118. The van der Waals surface area contributed by atoms with Gasteiger partial charge in [-0.3, -0.25) is 0 Å². The summed E-state index contributed by atoms with van der Waals surface area (Å²) in [5, 5.41) is 16.8. The van der Waals surface area contributed by atoms with Crippen LogP contribution < -0.4 is 4.74 Å². The van der Waals surface area contributed by atoms with Crippen LogP contribution in [0, 0.1) is 11.6 Å².